The minimum Gasteiger partial charge on any atom is -0.334 e. The molecule has 2 amide bonds. The summed E-state index contributed by atoms with van der Waals surface area (Å²) in [6, 6.07) is 13.5. The van der Waals surface area contributed by atoms with Gasteiger partial charge in [0.1, 0.15) is 11.2 Å². The van der Waals surface area contributed by atoms with Gasteiger partial charge in [0.25, 0.3) is 0 Å². The van der Waals surface area contributed by atoms with Crippen LogP contribution in [0.4, 0.5) is 10.1 Å². The van der Waals surface area contributed by atoms with Gasteiger partial charge in [-0.25, -0.2) is 4.39 Å². The van der Waals surface area contributed by atoms with Gasteiger partial charge in [-0.3, -0.25) is 9.59 Å². The summed E-state index contributed by atoms with van der Waals surface area (Å²) in [5.74, 6) is 0.186. The van der Waals surface area contributed by atoms with Crippen LogP contribution in [-0.4, -0.2) is 23.3 Å². The number of anilines is 1. The third-order valence-electron chi connectivity index (χ3n) is 6.25. The highest BCUT2D eigenvalue weighted by Crippen LogP contribution is 2.55. The zero-order valence-electron chi connectivity index (χ0n) is 15.0. The molecule has 5 heteroatoms. The van der Waals surface area contributed by atoms with E-state index in [-0.39, 0.29) is 17.6 Å². The molecule has 2 fully saturated rings. The van der Waals surface area contributed by atoms with Crippen LogP contribution in [0.15, 0.2) is 48.5 Å². The van der Waals surface area contributed by atoms with Crippen LogP contribution in [0.3, 0.4) is 0 Å². The van der Waals surface area contributed by atoms with Crippen LogP contribution < -0.4 is 5.32 Å². The van der Waals surface area contributed by atoms with E-state index in [4.69, 9.17) is 0 Å². The molecule has 2 aromatic carbocycles. The number of likely N-dealkylation sites (tertiary alicyclic amines) is 1. The maximum atomic E-state index is 13.5. The molecule has 2 atom stereocenters. The van der Waals surface area contributed by atoms with E-state index in [2.05, 4.69) is 5.32 Å². The Morgan fingerprint density at radius 2 is 1.89 bits per heavy atom. The first-order chi connectivity index (χ1) is 13.1. The normalized spacial score (nSPS) is 26.3. The van der Waals surface area contributed by atoms with Gasteiger partial charge in [0.05, 0.1) is 6.04 Å². The van der Waals surface area contributed by atoms with Crippen LogP contribution in [0.25, 0.3) is 0 Å². The first kappa shape index (κ1) is 16.5. The molecular formula is C22H21FN2O2. The van der Waals surface area contributed by atoms with E-state index in [1.54, 1.807) is 12.1 Å². The molecule has 27 heavy (non-hydrogen) atoms. The van der Waals surface area contributed by atoms with Crippen molar-refractivity contribution in [2.24, 2.45) is 5.92 Å². The smallest absolute Gasteiger partial charge is 0.237 e. The molecular weight excluding hydrogens is 343 g/mol. The number of hydrogen-bond acceptors (Lipinski definition) is 2. The Morgan fingerprint density at radius 3 is 2.63 bits per heavy atom. The number of nitrogens with one attached hydrogen (secondary N) is 1. The number of nitrogens with zero attached hydrogens (tertiary/aromatic N) is 1. The SMILES string of the molecule is O=C(CC1CC1)N1CC[C@]2(C(=O)Nc3ccccc32)[C@@H]1c1ccc(F)cc1. The average Bonchev–Trinajstić information content (AvgIpc) is 3.32. The Hall–Kier alpha value is -2.69. The van der Waals surface area contributed by atoms with E-state index < -0.39 is 11.5 Å². The topological polar surface area (TPSA) is 49.4 Å². The molecule has 1 spiro atoms. The summed E-state index contributed by atoms with van der Waals surface area (Å²) in [4.78, 5) is 28.1. The first-order valence-electron chi connectivity index (χ1n) is 9.55. The van der Waals surface area contributed by atoms with Crippen LogP contribution in [0.1, 0.15) is 42.9 Å². The Kier molecular flexibility index (Phi) is 3.61. The van der Waals surface area contributed by atoms with Crippen molar-refractivity contribution in [1.82, 2.24) is 4.90 Å². The monoisotopic (exact) mass is 364 g/mol. The van der Waals surface area contributed by atoms with Gasteiger partial charge in [-0.05, 0) is 54.5 Å². The highest BCUT2D eigenvalue weighted by molar-refractivity contribution is 6.07. The molecule has 1 N–H and O–H groups in total. The van der Waals surface area contributed by atoms with E-state index >= 15 is 0 Å². The van der Waals surface area contributed by atoms with Crippen molar-refractivity contribution in [3.05, 3.63) is 65.5 Å². The lowest BCUT2D eigenvalue weighted by Gasteiger charge is -2.34. The summed E-state index contributed by atoms with van der Waals surface area (Å²) in [6.07, 6.45) is 3.33. The van der Waals surface area contributed by atoms with Crippen molar-refractivity contribution in [2.45, 2.75) is 37.1 Å². The molecule has 2 aromatic rings. The van der Waals surface area contributed by atoms with E-state index in [1.165, 1.54) is 12.1 Å². The highest BCUT2D eigenvalue weighted by Gasteiger charge is 2.59. The molecule has 1 saturated carbocycles. The number of rotatable bonds is 3. The lowest BCUT2D eigenvalue weighted by atomic mass is 9.72. The fourth-order valence-corrected chi connectivity index (χ4v) is 4.75. The molecule has 2 aliphatic heterocycles. The number of halogens is 1. The molecule has 1 aliphatic carbocycles. The number of fused-ring (bicyclic) bond motifs is 2. The molecule has 0 aromatic heterocycles. The van der Waals surface area contributed by atoms with Crippen molar-refractivity contribution >= 4 is 17.5 Å². The van der Waals surface area contributed by atoms with Crippen molar-refractivity contribution in [3.8, 4) is 0 Å². The van der Waals surface area contributed by atoms with Gasteiger partial charge >= 0.3 is 0 Å². The van der Waals surface area contributed by atoms with Crippen LogP contribution >= 0.6 is 0 Å². The van der Waals surface area contributed by atoms with Gasteiger partial charge in [-0.2, -0.15) is 0 Å². The van der Waals surface area contributed by atoms with Crippen molar-refractivity contribution in [2.75, 3.05) is 11.9 Å². The molecule has 5 rings (SSSR count). The van der Waals surface area contributed by atoms with Crippen LogP contribution in [0, 0.1) is 11.7 Å². The largest absolute Gasteiger partial charge is 0.334 e. The molecule has 4 nitrogen and oxygen atoms in total. The predicted octanol–water partition coefficient (Wildman–Crippen LogP) is 3.79. The lowest BCUT2D eigenvalue weighted by Crippen LogP contribution is -2.42. The number of benzene rings is 2. The second-order valence-electron chi connectivity index (χ2n) is 7.91. The molecule has 0 unspecified atom stereocenters. The first-order valence-corrected chi connectivity index (χ1v) is 9.55. The maximum Gasteiger partial charge on any atom is 0.237 e. The second-order valence-corrected chi connectivity index (χ2v) is 7.91. The van der Waals surface area contributed by atoms with E-state index in [9.17, 15) is 14.0 Å². The molecule has 2 heterocycles. The minimum atomic E-state index is -0.812. The number of carbonyl (C=O) groups is 2. The molecule has 138 valence electrons. The van der Waals surface area contributed by atoms with Crippen molar-refractivity contribution in [1.29, 1.82) is 0 Å². The number of amides is 2. The van der Waals surface area contributed by atoms with Crippen molar-refractivity contribution in [3.63, 3.8) is 0 Å². The van der Waals surface area contributed by atoms with Gasteiger partial charge in [-0.15, -0.1) is 0 Å². The quantitative estimate of drug-likeness (QED) is 0.901. The van der Waals surface area contributed by atoms with Crippen LogP contribution in [0.2, 0.25) is 0 Å². The summed E-state index contributed by atoms with van der Waals surface area (Å²) in [5, 5.41) is 3.00. The third kappa shape index (κ3) is 2.48. The fraction of sp³-hybridized carbons (Fsp3) is 0.364. The van der Waals surface area contributed by atoms with Gasteiger partial charge < -0.3 is 10.2 Å². The summed E-state index contributed by atoms with van der Waals surface area (Å²) in [7, 11) is 0. The average molecular weight is 364 g/mol. The minimum absolute atomic E-state index is 0.0697. The van der Waals surface area contributed by atoms with Gasteiger partial charge in [0.15, 0.2) is 0 Å². The number of para-hydroxylation sites is 1. The van der Waals surface area contributed by atoms with Crippen LogP contribution in [0.5, 0.6) is 0 Å². The second kappa shape index (κ2) is 5.91. The molecule has 1 saturated heterocycles. The Labute approximate surface area is 157 Å². The van der Waals surface area contributed by atoms with Crippen molar-refractivity contribution < 1.29 is 14.0 Å². The highest BCUT2D eigenvalue weighted by atomic mass is 19.1. The zero-order valence-corrected chi connectivity index (χ0v) is 15.0. The number of hydrogen-bond donors (Lipinski definition) is 1. The molecule has 0 bridgehead atoms. The summed E-state index contributed by atoms with van der Waals surface area (Å²) < 4.78 is 13.5. The van der Waals surface area contributed by atoms with Gasteiger partial charge in [0, 0.05) is 18.7 Å². The maximum absolute atomic E-state index is 13.5. The molecule has 0 radical (unpaired) electrons. The van der Waals surface area contributed by atoms with Gasteiger partial charge in [0.2, 0.25) is 11.8 Å². The predicted molar refractivity (Wildman–Crippen MR) is 99.6 cm³/mol. The Bertz CT molecular complexity index is 922. The van der Waals surface area contributed by atoms with E-state index in [1.807, 2.05) is 29.2 Å². The Balaban J connectivity index is 1.63. The summed E-state index contributed by atoms with van der Waals surface area (Å²) in [5.41, 5.74) is 1.75. The fourth-order valence-electron chi connectivity index (χ4n) is 4.75. The van der Waals surface area contributed by atoms with Gasteiger partial charge in [-0.1, -0.05) is 30.3 Å². The lowest BCUT2D eigenvalue weighted by molar-refractivity contribution is -0.133. The zero-order chi connectivity index (χ0) is 18.6. The molecule has 3 aliphatic rings. The summed E-state index contributed by atoms with van der Waals surface area (Å²) >= 11 is 0. The van der Waals surface area contributed by atoms with E-state index in [0.29, 0.717) is 25.3 Å². The third-order valence-corrected chi connectivity index (χ3v) is 6.25. The summed E-state index contributed by atoms with van der Waals surface area (Å²) in [6.45, 7) is 0.537. The van der Waals surface area contributed by atoms with Crippen LogP contribution in [-0.2, 0) is 15.0 Å². The standard InChI is InChI=1S/C22H21FN2O2/c23-16-9-7-15(8-10-16)20-22(11-12-25(20)19(26)13-14-5-6-14)17-3-1-2-4-18(17)24-21(22)27/h1-4,7-10,14,20H,5-6,11-13H2,(H,24,27)/t20-,22+/m0/s1. The van der Waals surface area contributed by atoms with E-state index in [0.717, 1.165) is 29.7 Å². The number of carbonyl (C=O) groups excluding carboxylic acids is 2. The Morgan fingerprint density at radius 1 is 1.15 bits per heavy atom.